The highest BCUT2D eigenvalue weighted by Crippen LogP contribution is 2.19. The Labute approximate surface area is 141 Å². The van der Waals surface area contributed by atoms with Gasteiger partial charge in [0.2, 0.25) is 0 Å². The molecule has 0 amide bonds. The molecule has 0 atom stereocenters. The third kappa shape index (κ3) is 5.03. The second kappa shape index (κ2) is 8.06. The van der Waals surface area contributed by atoms with Gasteiger partial charge in [0, 0.05) is 17.3 Å². The summed E-state index contributed by atoms with van der Waals surface area (Å²) in [5, 5.41) is 0. The van der Waals surface area contributed by atoms with Crippen LogP contribution >= 0.6 is 12.2 Å². The zero-order chi connectivity index (χ0) is 17.6. The van der Waals surface area contributed by atoms with Gasteiger partial charge in [-0.25, -0.2) is 9.59 Å². The summed E-state index contributed by atoms with van der Waals surface area (Å²) in [6.45, 7) is 9.76. The topological polar surface area (TPSA) is 57.5 Å². The molecule has 0 fully saturated rings. The van der Waals surface area contributed by atoms with Crippen LogP contribution in [-0.2, 0) is 24.6 Å². The van der Waals surface area contributed by atoms with Crippen molar-refractivity contribution < 1.29 is 19.1 Å². The second-order valence-corrected chi connectivity index (χ2v) is 6.20. The third-order valence-corrected chi connectivity index (χ3v) is 3.42. The summed E-state index contributed by atoms with van der Waals surface area (Å²) in [6.07, 6.45) is 3.30. The number of aromatic nitrogens is 1. The van der Waals surface area contributed by atoms with Crippen LogP contribution in [0.25, 0.3) is 6.08 Å². The highest BCUT2D eigenvalue weighted by Gasteiger charge is 2.22. The largest absolute Gasteiger partial charge is 0.462 e. The van der Waals surface area contributed by atoms with Crippen molar-refractivity contribution >= 4 is 30.2 Å². The molecule has 0 aliphatic rings. The number of hydrogen-bond acceptors (Lipinski definition) is 5. The lowest BCUT2D eigenvalue weighted by Gasteiger charge is -2.24. The molecule has 5 nitrogen and oxygen atoms in total. The summed E-state index contributed by atoms with van der Waals surface area (Å²) < 4.78 is 12.3. The van der Waals surface area contributed by atoms with Crippen molar-refractivity contribution in [1.29, 1.82) is 0 Å². The molecule has 23 heavy (non-hydrogen) atoms. The molecule has 0 spiro atoms. The molecule has 126 valence electrons. The molecular weight excluding hydrogens is 314 g/mol. The Balaban J connectivity index is 3.40. The molecule has 1 aromatic heterocycles. The summed E-state index contributed by atoms with van der Waals surface area (Å²) in [5.74, 6) is -1.43. The second-order valence-electron chi connectivity index (χ2n) is 5.81. The van der Waals surface area contributed by atoms with Gasteiger partial charge in [0.25, 0.3) is 0 Å². The van der Waals surface area contributed by atoms with Crippen LogP contribution in [0.5, 0.6) is 0 Å². The summed E-state index contributed by atoms with van der Waals surface area (Å²) in [4.78, 5) is 24.0. The molecule has 0 radical (unpaired) electrons. The van der Waals surface area contributed by atoms with Gasteiger partial charge in [0.1, 0.15) is 10.2 Å². The number of carbonyl (C=O) groups is 2. The number of esters is 2. The van der Waals surface area contributed by atoms with Gasteiger partial charge in [0.15, 0.2) is 0 Å². The Morgan fingerprint density at radius 1 is 1.17 bits per heavy atom. The summed E-state index contributed by atoms with van der Waals surface area (Å²) in [7, 11) is 0. The SMILES string of the molecule is CCOC(=O)C(=Cc1cccn(C(C)(C)C)c1=S)C(=O)OCC. The normalized spacial score (nSPS) is 10.8. The molecule has 1 rings (SSSR count). The average Bonchev–Trinajstić information content (AvgIpc) is 2.45. The summed E-state index contributed by atoms with van der Waals surface area (Å²) >= 11 is 5.48. The quantitative estimate of drug-likeness (QED) is 0.271. The van der Waals surface area contributed by atoms with E-state index in [4.69, 9.17) is 21.7 Å². The van der Waals surface area contributed by atoms with Crippen molar-refractivity contribution in [1.82, 2.24) is 4.57 Å². The minimum absolute atomic E-state index is 0.161. The first-order chi connectivity index (χ1) is 10.7. The molecule has 0 unspecified atom stereocenters. The van der Waals surface area contributed by atoms with Crippen LogP contribution in [0.4, 0.5) is 0 Å². The molecule has 0 aromatic carbocycles. The van der Waals surface area contributed by atoms with E-state index in [1.165, 1.54) is 6.08 Å². The number of rotatable bonds is 5. The molecule has 0 aliphatic carbocycles. The molecule has 0 N–H and O–H groups in total. The number of nitrogens with zero attached hydrogens (tertiary/aromatic N) is 1. The lowest BCUT2D eigenvalue weighted by Crippen LogP contribution is -2.23. The molecule has 0 saturated carbocycles. The maximum atomic E-state index is 12.0. The predicted molar refractivity (Wildman–Crippen MR) is 91.5 cm³/mol. The molecule has 6 heteroatoms. The van der Waals surface area contributed by atoms with Gasteiger partial charge in [-0.2, -0.15) is 0 Å². The minimum atomic E-state index is -0.716. The van der Waals surface area contributed by atoms with Gasteiger partial charge < -0.3 is 14.0 Å². The van der Waals surface area contributed by atoms with E-state index in [0.717, 1.165) is 0 Å². The maximum Gasteiger partial charge on any atom is 0.345 e. The molecule has 0 saturated heterocycles. The van der Waals surface area contributed by atoms with Crippen molar-refractivity contribution in [2.45, 2.75) is 40.2 Å². The van der Waals surface area contributed by atoms with E-state index >= 15 is 0 Å². The maximum absolute atomic E-state index is 12.0. The van der Waals surface area contributed by atoms with E-state index in [9.17, 15) is 9.59 Å². The molecule has 1 aromatic rings. The lowest BCUT2D eigenvalue weighted by molar-refractivity contribution is -0.146. The van der Waals surface area contributed by atoms with Crippen molar-refractivity contribution in [3.8, 4) is 0 Å². The van der Waals surface area contributed by atoms with Gasteiger partial charge in [-0.1, -0.05) is 18.3 Å². The van der Waals surface area contributed by atoms with Crippen LogP contribution in [0.15, 0.2) is 23.9 Å². The Hall–Kier alpha value is -1.95. The smallest absolute Gasteiger partial charge is 0.345 e. The first-order valence-corrected chi connectivity index (χ1v) is 7.91. The van der Waals surface area contributed by atoms with Crippen LogP contribution < -0.4 is 0 Å². The van der Waals surface area contributed by atoms with Crippen LogP contribution in [0, 0.1) is 4.64 Å². The van der Waals surface area contributed by atoms with E-state index in [1.54, 1.807) is 19.9 Å². The fraction of sp³-hybridized carbons (Fsp3) is 0.471. The Kier molecular flexibility index (Phi) is 6.69. The molecular formula is C17H23NO4S. The van der Waals surface area contributed by atoms with E-state index in [2.05, 4.69) is 0 Å². The van der Waals surface area contributed by atoms with E-state index in [1.807, 2.05) is 37.6 Å². The predicted octanol–water partition coefficient (Wildman–Crippen LogP) is 3.48. The van der Waals surface area contributed by atoms with Crippen LogP contribution in [0.2, 0.25) is 0 Å². The zero-order valence-electron chi connectivity index (χ0n) is 14.2. The number of carbonyl (C=O) groups excluding carboxylic acids is 2. The molecule has 0 aliphatic heterocycles. The van der Waals surface area contributed by atoms with Crippen LogP contribution in [-0.4, -0.2) is 29.7 Å². The van der Waals surface area contributed by atoms with E-state index < -0.39 is 11.9 Å². The highest BCUT2D eigenvalue weighted by molar-refractivity contribution is 7.71. The standard InChI is InChI=1S/C17H23NO4S/c1-6-21-15(19)13(16(20)22-7-2)11-12-9-8-10-18(14(12)23)17(3,4)5/h8-11H,6-7H2,1-5H3. The first-order valence-electron chi connectivity index (χ1n) is 7.50. The zero-order valence-corrected chi connectivity index (χ0v) is 15.0. The van der Waals surface area contributed by atoms with Gasteiger partial charge in [0.05, 0.1) is 13.2 Å². The monoisotopic (exact) mass is 337 g/mol. The minimum Gasteiger partial charge on any atom is -0.462 e. The Morgan fingerprint density at radius 2 is 1.70 bits per heavy atom. The average molecular weight is 337 g/mol. The van der Waals surface area contributed by atoms with Gasteiger partial charge >= 0.3 is 11.9 Å². The van der Waals surface area contributed by atoms with Gasteiger partial charge in [-0.3, -0.25) is 0 Å². The molecule has 0 bridgehead atoms. The highest BCUT2D eigenvalue weighted by atomic mass is 32.1. The molecule has 1 heterocycles. The Bertz CT molecular complexity index is 648. The van der Waals surface area contributed by atoms with Crippen molar-refractivity contribution in [3.05, 3.63) is 34.1 Å². The lowest BCUT2D eigenvalue weighted by atomic mass is 10.1. The number of pyridine rings is 1. The van der Waals surface area contributed by atoms with Crippen LogP contribution in [0.3, 0.4) is 0 Å². The van der Waals surface area contributed by atoms with Crippen LogP contribution in [0.1, 0.15) is 40.2 Å². The first kappa shape index (κ1) is 19.1. The Morgan fingerprint density at radius 3 is 2.13 bits per heavy atom. The van der Waals surface area contributed by atoms with E-state index in [0.29, 0.717) is 10.2 Å². The number of hydrogen-bond donors (Lipinski definition) is 0. The number of ether oxygens (including phenoxy) is 2. The third-order valence-electron chi connectivity index (χ3n) is 2.99. The fourth-order valence-corrected chi connectivity index (χ4v) is 2.38. The van der Waals surface area contributed by atoms with Crippen molar-refractivity contribution in [2.24, 2.45) is 0 Å². The van der Waals surface area contributed by atoms with E-state index in [-0.39, 0.29) is 24.3 Å². The summed E-state index contributed by atoms with van der Waals surface area (Å²) in [6, 6.07) is 3.57. The van der Waals surface area contributed by atoms with Gasteiger partial charge in [-0.15, -0.1) is 0 Å². The van der Waals surface area contributed by atoms with Gasteiger partial charge in [-0.05, 0) is 46.8 Å². The van der Waals surface area contributed by atoms with Crippen molar-refractivity contribution in [2.75, 3.05) is 13.2 Å². The van der Waals surface area contributed by atoms with Crippen molar-refractivity contribution in [3.63, 3.8) is 0 Å². The summed E-state index contributed by atoms with van der Waals surface area (Å²) in [5.41, 5.74) is 0.217. The fourth-order valence-electron chi connectivity index (χ4n) is 1.92.